The maximum Gasteiger partial charge on any atom is 0.138 e. The van der Waals surface area contributed by atoms with Crippen molar-refractivity contribution in [3.8, 4) is 22.8 Å². The monoisotopic (exact) mass is 577 g/mol. The maximum absolute atomic E-state index is 6.10. The first-order valence-electron chi connectivity index (χ1n) is 15.5. The van der Waals surface area contributed by atoms with Gasteiger partial charge in [0.05, 0.1) is 22.2 Å². The van der Waals surface area contributed by atoms with Crippen LogP contribution in [0.2, 0.25) is 0 Å². The fraction of sp³-hybridized carbons (Fsp3) is 0.0488. The molecule has 0 unspecified atom stereocenters. The molecule has 1 aliphatic rings. The van der Waals surface area contributed by atoms with Gasteiger partial charge in [0, 0.05) is 49.4 Å². The molecular formula is C41H27N3O. The van der Waals surface area contributed by atoms with E-state index in [9.17, 15) is 0 Å². The van der Waals surface area contributed by atoms with Crippen LogP contribution in [0, 0.1) is 0 Å². The number of hydrogen-bond donors (Lipinski definition) is 0. The van der Waals surface area contributed by atoms with Crippen LogP contribution in [0.15, 0.2) is 138 Å². The molecule has 1 aliphatic carbocycles. The van der Waals surface area contributed by atoms with E-state index in [1.54, 1.807) is 0 Å². The van der Waals surface area contributed by atoms with Crippen LogP contribution in [-0.4, -0.2) is 14.1 Å². The summed E-state index contributed by atoms with van der Waals surface area (Å²) in [6.45, 7) is 0. The molecule has 10 rings (SSSR count). The van der Waals surface area contributed by atoms with Gasteiger partial charge >= 0.3 is 0 Å². The molecule has 9 aromatic rings. The van der Waals surface area contributed by atoms with Crippen molar-refractivity contribution in [2.24, 2.45) is 0 Å². The second-order valence-corrected chi connectivity index (χ2v) is 11.9. The zero-order valence-corrected chi connectivity index (χ0v) is 24.4. The average molecular weight is 578 g/mol. The molecule has 0 saturated heterocycles. The summed E-state index contributed by atoms with van der Waals surface area (Å²) in [6, 6.07) is 45.0. The largest absolute Gasteiger partial charge is 0.456 e. The maximum atomic E-state index is 6.10. The van der Waals surface area contributed by atoms with Gasteiger partial charge in [-0.2, -0.15) is 0 Å². The summed E-state index contributed by atoms with van der Waals surface area (Å²) in [5, 5.41) is 6.09. The number of aromatic nitrogens is 3. The van der Waals surface area contributed by atoms with E-state index in [4.69, 9.17) is 9.40 Å². The summed E-state index contributed by atoms with van der Waals surface area (Å²) >= 11 is 0. The Morgan fingerprint density at radius 1 is 0.578 bits per heavy atom. The highest BCUT2D eigenvalue weighted by atomic mass is 16.3. The number of pyridine rings is 1. The highest BCUT2D eigenvalue weighted by molar-refractivity contribution is 6.23. The van der Waals surface area contributed by atoms with Gasteiger partial charge in [-0.15, -0.1) is 0 Å². The van der Waals surface area contributed by atoms with E-state index in [1.165, 1.54) is 49.7 Å². The lowest BCUT2D eigenvalue weighted by Gasteiger charge is -2.13. The molecule has 45 heavy (non-hydrogen) atoms. The number of nitrogens with zero attached hydrogens (tertiary/aromatic N) is 3. The Balaban J connectivity index is 1.23. The molecule has 0 bridgehead atoms. The van der Waals surface area contributed by atoms with Gasteiger partial charge in [0.1, 0.15) is 17.0 Å². The summed E-state index contributed by atoms with van der Waals surface area (Å²) in [5.41, 5.74) is 11.2. The Hall–Kier alpha value is -5.87. The first kappa shape index (κ1) is 24.6. The van der Waals surface area contributed by atoms with E-state index >= 15 is 0 Å². The standard InChI is InChI=1S/C41H27N3O/c1-2-11-27(12-3-1)43-33-17-7-4-14-29(33)40-35(43)22-23-36-41(40)30-15-5-8-18-34(30)44(36)39-20-10-16-32(42-39)26-21-24-38-31(25-26)28-13-6-9-19-37(28)45-38/h1-7,9-17,19-25H,8,18H2. The summed E-state index contributed by atoms with van der Waals surface area (Å²) in [7, 11) is 0. The SMILES string of the molecule is C1=Cc2c(n(-c3cccc(-c4ccc5oc6ccccc6c5c4)n3)c3ccc4c(c5ccccc5n4-c4ccccc4)c23)CC1. The van der Waals surface area contributed by atoms with Gasteiger partial charge in [0.25, 0.3) is 0 Å². The Labute approximate surface area is 259 Å². The average Bonchev–Trinajstić information content (AvgIpc) is 3.76. The Bertz CT molecular complexity index is 2650. The topological polar surface area (TPSA) is 35.9 Å². The van der Waals surface area contributed by atoms with Crippen LogP contribution < -0.4 is 0 Å². The van der Waals surface area contributed by atoms with Gasteiger partial charge in [0.15, 0.2) is 0 Å². The first-order chi connectivity index (χ1) is 22.3. The summed E-state index contributed by atoms with van der Waals surface area (Å²) in [6.07, 6.45) is 6.63. The molecule has 0 fully saturated rings. The Morgan fingerprint density at radius 2 is 1.36 bits per heavy atom. The lowest BCUT2D eigenvalue weighted by molar-refractivity contribution is 0.669. The molecule has 0 aliphatic heterocycles. The first-order valence-corrected chi connectivity index (χ1v) is 15.5. The van der Waals surface area contributed by atoms with E-state index in [1.807, 2.05) is 12.1 Å². The molecule has 0 saturated carbocycles. The summed E-state index contributed by atoms with van der Waals surface area (Å²) < 4.78 is 10.9. The minimum Gasteiger partial charge on any atom is -0.456 e. The molecule has 4 heterocycles. The van der Waals surface area contributed by atoms with Crippen LogP contribution >= 0.6 is 0 Å². The smallest absolute Gasteiger partial charge is 0.138 e. The highest BCUT2D eigenvalue weighted by Gasteiger charge is 2.24. The number of benzene rings is 5. The quantitative estimate of drug-likeness (QED) is 0.209. The zero-order valence-electron chi connectivity index (χ0n) is 24.4. The number of rotatable bonds is 3. The fourth-order valence-corrected chi connectivity index (χ4v) is 7.48. The van der Waals surface area contributed by atoms with Crippen molar-refractivity contribution >= 4 is 60.7 Å². The Morgan fingerprint density at radius 3 is 2.27 bits per heavy atom. The predicted molar refractivity (Wildman–Crippen MR) is 185 cm³/mol. The van der Waals surface area contributed by atoms with Crippen molar-refractivity contribution < 1.29 is 4.42 Å². The molecule has 5 aromatic carbocycles. The lowest BCUT2D eigenvalue weighted by atomic mass is 9.99. The van der Waals surface area contributed by atoms with E-state index < -0.39 is 0 Å². The lowest BCUT2D eigenvalue weighted by Crippen LogP contribution is -2.05. The van der Waals surface area contributed by atoms with Crippen molar-refractivity contribution in [3.63, 3.8) is 0 Å². The van der Waals surface area contributed by atoms with Crippen molar-refractivity contribution in [1.29, 1.82) is 0 Å². The second kappa shape index (κ2) is 9.31. The van der Waals surface area contributed by atoms with E-state index in [2.05, 4.69) is 137 Å². The van der Waals surface area contributed by atoms with Crippen LogP contribution in [0.1, 0.15) is 17.7 Å². The summed E-state index contributed by atoms with van der Waals surface area (Å²) in [4.78, 5) is 5.31. The molecule has 0 radical (unpaired) electrons. The van der Waals surface area contributed by atoms with Crippen LogP contribution in [0.5, 0.6) is 0 Å². The third-order valence-corrected chi connectivity index (χ3v) is 9.39. The number of allylic oxidation sites excluding steroid dienone is 1. The number of para-hydroxylation sites is 3. The number of fused-ring (bicyclic) bond motifs is 10. The number of hydrogen-bond acceptors (Lipinski definition) is 2. The van der Waals surface area contributed by atoms with Crippen LogP contribution in [0.25, 0.3) is 83.5 Å². The van der Waals surface area contributed by atoms with Crippen LogP contribution in [0.3, 0.4) is 0 Å². The molecule has 212 valence electrons. The molecule has 0 N–H and O–H groups in total. The van der Waals surface area contributed by atoms with Gasteiger partial charge in [-0.3, -0.25) is 4.57 Å². The predicted octanol–water partition coefficient (Wildman–Crippen LogP) is 10.6. The van der Waals surface area contributed by atoms with Gasteiger partial charge in [-0.05, 0) is 79.6 Å². The van der Waals surface area contributed by atoms with E-state index in [-0.39, 0.29) is 0 Å². The normalized spacial score (nSPS) is 13.1. The number of furan rings is 1. The molecule has 0 amide bonds. The van der Waals surface area contributed by atoms with Crippen molar-refractivity contribution in [2.45, 2.75) is 12.8 Å². The molecule has 0 atom stereocenters. The zero-order chi connectivity index (χ0) is 29.5. The third-order valence-electron chi connectivity index (χ3n) is 9.39. The molecule has 4 nitrogen and oxygen atoms in total. The molecule has 4 heteroatoms. The van der Waals surface area contributed by atoms with Gasteiger partial charge < -0.3 is 8.98 Å². The van der Waals surface area contributed by atoms with Gasteiger partial charge in [-0.25, -0.2) is 4.98 Å². The molecule has 4 aromatic heterocycles. The van der Waals surface area contributed by atoms with Crippen molar-refractivity contribution in [3.05, 3.63) is 145 Å². The van der Waals surface area contributed by atoms with Crippen molar-refractivity contribution in [2.75, 3.05) is 0 Å². The molecular weight excluding hydrogens is 550 g/mol. The molecule has 0 spiro atoms. The van der Waals surface area contributed by atoms with Crippen LogP contribution in [-0.2, 0) is 6.42 Å². The van der Waals surface area contributed by atoms with Gasteiger partial charge in [0.2, 0.25) is 0 Å². The minimum atomic E-state index is 0.895. The highest BCUT2D eigenvalue weighted by Crippen LogP contribution is 2.43. The van der Waals surface area contributed by atoms with Crippen molar-refractivity contribution in [1.82, 2.24) is 14.1 Å². The minimum absolute atomic E-state index is 0.895. The fourth-order valence-electron chi connectivity index (χ4n) is 7.48. The third kappa shape index (κ3) is 3.51. The van der Waals surface area contributed by atoms with Crippen LogP contribution in [0.4, 0.5) is 0 Å². The summed E-state index contributed by atoms with van der Waals surface area (Å²) in [5.74, 6) is 0.942. The van der Waals surface area contributed by atoms with E-state index in [0.29, 0.717) is 0 Å². The second-order valence-electron chi connectivity index (χ2n) is 11.9. The Kier molecular flexibility index (Phi) is 5.08. The van der Waals surface area contributed by atoms with Gasteiger partial charge in [-0.1, -0.05) is 72.8 Å². The van der Waals surface area contributed by atoms with E-state index in [0.717, 1.165) is 51.9 Å².